The van der Waals surface area contributed by atoms with Crippen molar-refractivity contribution in [1.82, 2.24) is 0 Å². The van der Waals surface area contributed by atoms with Gasteiger partial charge < -0.3 is 0 Å². The standard InChI is InChI=1S/Cl2O4S3/c1-8(3,4)7-9(2,5)6. The lowest BCUT2D eigenvalue weighted by Gasteiger charge is -1.85. The van der Waals surface area contributed by atoms with E-state index in [4.69, 9.17) is 0 Å². The maximum atomic E-state index is 9.91. The highest BCUT2D eigenvalue weighted by molar-refractivity contribution is 9.11. The Morgan fingerprint density at radius 1 is 0.889 bits per heavy atom. The van der Waals surface area contributed by atoms with E-state index in [0.717, 1.165) is 0 Å². The SMILES string of the molecule is O=S(=O)(Cl)SS(=O)(=O)Cl. The number of hydrogen-bond acceptors (Lipinski definition) is 5. The molecule has 4 nitrogen and oxygen atoms in total. The van der Waals surface area contributed by atoms with Gasteiger partial charge in [0.15, 0.2) is 0 Å². The Labute approximate surface area is 64.2 Å². The molecule has 0 aromatic carbocycles. The highest BCUT2D eigenvalue weighted by Crippen LogP contribution is 2.26. The van der Waals surface area contributed by atoms with Crippen LogP contribution in [-0.2, 0) is 16.2 Å². The van der Waals surface area contributed by atoms with Crippen LogP contribution in [0.4, 0.5) is 0 Å². The molecule has 0 saturated heterocycles. The van der Waals surface area contributed by atoms with Crippen molar-refractivity contribution in [3.63, 3.8) is 0 Å². The fraction of sp³-hybridized carbons (Fsp3) is 0. The molecule has 56 valence electrons. The quantitative estimate of drug-likeness (QED) is 0.516. The van der Waals surface area contributed by atoms with Crippen LogP contribution in [0.25, 0.3) is 0 Å². The third-order valence-electron chi connectivity index (χ3n) is 0.163. The van der Waals surface area contributed by atoms with E-state index in [2.05, 4.69) is 21.4 Å². The summed E-state index contributed by atoms with van der Waals surface area (Å²) in [6.07, 6.45) is 0. The van der Waals surface area contributed by atoms with E-state index in [1.54, 1.807) is 0 Å². The fourth-order valence-corrected chi connectivity index (χ4v) is 6.99. The van der Waals surface area contributed by atoms with Gasteiger partial charge in [-0.1, -0.05) is 0 Å². The van der Waals surface area contributed by atoms with E-state index in [9.17, 15) is 16.8 Å². The maximum absolute atomic E-state index is 9.91. The van der Waals surface area contributed by atoms with Gasteiger partial charge in [-0.05, 0) is 0 Å². The van der Waals surface area contributed by atoms with E-state index in [0.29, 0.717) is 0 Å². The van der Waals surface area contributed by atoms with Crippen LogP contribution in [0.3, 0.4) is 0 Å². The van der Waals surface area contributed by atoms with Gasteiger partial charge in [-0.15, -0.1) is 0 Å². The molecular weight excluding hydrogens is 231 g/mol. The largest absolute Gasteiger partial charge is 0.301 e. The molecule has 0 aromatic heterocycles. The summed E-state index contributed by atoms with van der Waals surface area (Å²) in [6.45, 7) is 0. The third-order valence-corrected chi connectivity index (χ3v) is 7.17. The van der Waals surface area contributed by atoms with Crippen LogP contribution in [-0.4, -0.2) is 16.8 Å². The minimum absolute atomic E-state index is 0.511. The first kappa shape index (κ1) is 9.83. The molecule has 0 heterocycles. The molecule has 0 radical (unpaired) electrons. The Kier molecular flexibility index (Phi) is 3.09. The van der Waals surface area contributed by atoms with Crippen molar-refractivity contribution in [2.45, 2.75) is 0 Å². The maximum Gasteiger partial charge on any atom is 0.301 e. The molecule has 0 aliphatic heterocycles. The molecule has 0 fully saturated rings. The van der Waals surface area contributed by atoms with E-state index < -0.39 is 26.0 Å². The fourth-order valence-electron chi connectivity index (χ4n) is 0.0971. The van der Waals surface area contributed by atoms with Gasteiger partial charge in [0, 0.05) is 21.4 Å². The molecule has 9 heavy (non-hydrogen) atoms. The monoisotopic (exact) mass is 230 g/mol. The van der Waals surface area contributed by atoms with Crippen molar-refractivity contribution in [1.29, 1.82) is 0 Å². The Bertz CT molecular complexity index is 239. The smallest absolute Gasteiger partial charge is 0.199 e. The second-order valence-electron chi connectivity index (χ2n) is 0.854. The Morgan fingerprint density at radius 3 is 1.11 bits per heavy atom. The summed E-state index contributed by atoms with van der Waals surface area (Å²) in [7, 11) is 0.242. The van der Waals surface area contributed by atoms with E-state index in [1.165, 1.54) is 0 Å². The zero-order valence-corrected chi connectivity index (χ0v) is 7.58. The molecule has 0 amide bonds. The summed E-state index contributed by atoms with van der Waals surface area (Å²) >= 11 is 0. The minimum atomic E-state index is -4.11. The van der Waals surface area contributed by atoms with Gasteiger partial charge in [-0.25, -0.2) is 0 Å². The Morgan fingerprint density at radius 2 is 1.11 bits per heavy atom. The first-order chi connectivity index (χ1) is 3.71. The second-order valence-corrected chi connectivity index (χ2v) is 10.4. The molecule has 0 spiro atoms. The lowest BCUT2D eigenvalue weighted by molar-refractivity contribution is 0.621. The van der Waals surface area contributed by atoms with Crippen molar-refractivity contribution in [3.8, 4) is 0 Å². The topological polar surface area (TPSA) is 68.3 Å². The van der Waals surface area contributed by atoms with E-state index in [-0.39, 0.29) is 0 Å². The molecular formula is Cl2O4S3. The minimum Gasteiger partial charge on any atom is -0.199 e. The molecule has 0 rings (SSSR count). The van der Waals surface area contributed by atoms with Crippen molar-refractivity contribution in [2.75, 3.05) is 0 Å². The number of halogens is 2. The van der Waals surface area contributed by atoms with Gasteiger partial charge in [0.25, 0.3) is 0 Å². The molecule has 0 saturated carbocycles. The molecule has 0 aliphatic carbocycles. The molecule has 0 unspecified atom stereocenters. The highest BCUT2D eigenvalue weighted by atomic mass is 35.8. The summed E-state index contributed by atoms with van der Waals surface area (Å²) in [5.41, 5.74) is 0. The lowest BCUT2D eigenvalue weighted by atomic mass is 15.9. The zero-order valence-electron chi connectivity index (χ0n) is 3.61. The van der Waals surface area contributed by atoms with Gasteiger partial charge in [-0.2, -0.15) is 16.8 Å². The van der Waals surface area contributed by atoms with Gasteiger partial charge in [-0.3, -0.25) is 0 Å². The number of hydrogen-bond donors (Lipinski definition) is 0. The normalized spacial score (nSPS) is 13.6. The molecule has 0 atom stereocenters. The van der Waals surface area contributed by atoms with Gasteiger partial charge >= 0.3 is 16.2 Å². The van der Waals surface area contributed by atoms with Crippen LogP contribution in [0, 0.1) is 0 Å². The van der Waals surface area contributed by atoms with Crippen molar-refractivity contribution < 1.29 is 16.8 Å². The van der Waals surface area contributed by atoms with Crippen LogP contribution in [0.2, 0.25) is 0 Å². The van der Waals surface area contributed by atoms with Gasteiger partial charge in [0.1, 0.15) is 9.83 Å². The average molecular weight is 231 g/mol. The molecule has 9 heteroatoms. The highest BCUT2D eigenvalue weighted by Gasteiger charge is 2.17. The van der Waals surface area contributed by atoms with Crippen LogP contribution in [0.5, 0.6) is 0 Å². The van der Waals surface area contributed by atoms with Crippen LogP contribution >= 0.6 is 31.2 Å². The van der Waals surface area contributed by atoms with Gasteiger partial charge in [0.05, 0.1) is 0 Å². The molecule has 0 aromatic rings. The van der Waals surface area contributed by atoms with Crippen molar-refractivity contribution in [3.05, 3.63) is 0 Å². The second kappa shape index (κ2) is 2.83. The predicted octanol–water partition coefficient (Wildman–Crippen LogP) is 0.687. The van der Waals surface area contributed by atoms with Crippen LogP contribution in [0.1, 0.15) is 0 Å². The number of rotatable bonds is 2. The average Bonchev–Trinajstić information content (AvgIpc) is 1.14. The predicted molar refractivity (Wildman–Crippen MR) is 37.1 cm³/mol. The Balaban J connectivity index is 4.46. The van der Waals surface area contributed by atoms with Crippen LogP contribution < -0.4 is 0 Å². The van der Waals surface area contributed by atoms with Gasteiger partial charge in [0.2, 0.25) is 0 Å². The van der Waals surface area contributed by atoms with Crippen LogP contribution in [0.15, 0.2) is 0 Å². The first-order valence-electron chi connectivity index (χ1n) is 1.31. The zero-order chi connectivity index (χ0) is 7.71. The van der Waals surface area contributed by atoms with Crippen molar-refractivity contribution in [2.24, 2.45) is 0 Å². The lowest BCUT2D eigenvalue weighted by Crippen LogP contribution is -1.85. The first-order valence-corrected chi connectivity index (χ1v) is 7.78. The Hall–Kier alpha value is 0.830. The molecule has 0 aliphatic rings. The van der Waals surface area contributed by atoms with Crippen molar-refractivity contribution >= 4 is 47.4 Å². The summed E-state index contributed by atoms with van der Waals surface area (Å²) < 4.78 is 39.6. The summed E-state index contributed by atoms with van der Waals surface area (Å²) in [5.74, 6) is 0. The summed E-state index contributed by atoms with van der Waals surface area (Å²) in [5, 5.41) is 0. The van der Waals surface area contributed by atoms with E-state index >= 15 is 0 Å². The summed E-state index contributed by atoms with van der Waals surface area (Å²) in [6, 6.07) is 0. The molecule has 0 N–H and O–H groups in total. The van der Waals surface area contributed by atoms with E-state index in [1.807, 2.05) is 0 Å². The third kappa shape index (κ3) is 8.83. The molecule has 0 bridgehead atoms. The summed E-state index contributed by atoms with van der Waals surface area (Å²) in [4.78, 5) is 0.